The van der Waals surface area contributed by atoms with Gasteiger partial charge in [0, 0.05) is 11.1 Å². The van der Waals surface area contributed by atoms with Crippen LogP contribution in [0.5, 0.6) is 0 Å². The van der Waals surface area contributed by atoms with Gasteiger partial charge in [-0.25, -0.2) is 0 Å². The van der Waals surface area contributed by atoms with E-state index in [1.54, 1.807) is 6.07 Å². The molecular formula is C16H18ClNO3. The van der Waals surface area contributed by atoms with Crippen LogP contribution in [0.4, 0.5) is 0 Å². The zero-order valence-electron chi connectivity index (χ0n) is 11.6. The number of amides is 1. The van der Waals surface area contributed by atoms with Crippen molar-refractivity contribution in [3.8, 4) is 0 Å². The van der Waals surface area contributed by atoms with Gasteiger partial charge in [-0.2, -0.15) is 0 Å². The molecule has 0 aliphatic heterocycles. The number of nitrogens with one attached hydrogen (secondary N) is 1. The fraction of sp³-hybridized carbons (Fsp3) is 0.500. The van der Waals surface area contributed by atoms with Gasteiger partial charge in [-0.15, -0.1) is 0 Å². The van der Waals surface area contributed by atoms with E-state index in [0.29, 0.717) is 17.9 Å². The van der Waals surface area contributed by atoms with Crippen LogP contribution in [0, 0.1) is 5.92 Å². The molecule has 0 bridgehead atoms. The lowest BCUT2D eigenvalue weighted by Gasteiger charge is -2.19. The van der Waals surface area contributed by atoms with Crippen molar-refractivity contribution in [3.05, 3.63) is 34.9 Å². The molecule has 2 fully saturated rings. The van der Waals surface area contributed by atoms with Crippen molar-refractivity contribution >= 4 is 23.5 Å². The second-order valence-electron chi connectivity index (χ2n) is 6.11. The molecule has 2 N–H and O–H groups in total. The van der Waals surface area contributed by atoms with Crippen molar-refractivity contribution in [2.75, 3.05) is 0 Å². The molecule has 21 heavy (non-hydrogen) atoms. The summed E-state index contributed by atoms with van der Waals surface area (Å²) < 4.78 is 0. The van der Waals surface area contributed by atoms with Crippen LogP contribution in [-0.4, -0.2) is 23.0 Å². The Morgan fingerprint density at radius 3 is 2.62 bits per heavy atom. The lowest BCUT2D eigenvalue weighted by atomic mass is 9.94. The third-order valence-electron chi connectivity index (χ3n) is 4.68. The summed E-state index contributed by atoms with van der Waals surface area (Å²) in [6.07, 6.45) is 3.58. The lowest BCUT2D eigenvalue weighted by Crippen LogP contribution is -2.40. The van der Waals surface area contributed by atoms with E-state index in [9.17, 15) is 9.59 Å². The van der Waals surface area contributed by atoms with Gasteiger partial charge in [0.15, 0.2) is 0 Å². The van der Waals surface area contributed by atoms with E-state index in [2.05, 4.69) is 5.32 Å². The van der Waals surface area contributed by atoms with Crippen molar-refractivity contribution in [2.24, 2.45) is 5.92 Å². The van der Waals surface area contributed by atoms with Crippen LogP contribution in [0.1, 0.15) is 37.7 Å². The van der Waals surface area contributed by atoms with Crippen molar-refractivity contribution in [1.82, 2.24) is 5.32 Å². The van der Waals surface area contributed by atoms with Crippen molar-refractivity contribution < 1.29 is 14.7 Å². The second kappa shape index (κ2) is 5.34. The molecule has 0 spiro atoms. The fourth-order valence-electron chi connectivity index (χ4n) is 3.22. The molecule has 1 aromatic carbocycles. The first-order valence-corrected chi connectivity index (χ1v) is 7.69. The first-order chi connectivity index (χ1) is 10.0. The Balaban J connectivity index is 1.67. The molecule has 1 aromatic rings. The van der Waals surface area contributed by atoms with E-state index in [1.807, 2.05) is 18.2 Å². The van der Waals surface area contributed by atoms with Crippen molar-refractivity contribution in [3.63, 3.8) is 0 Å². The van der Waals surface area contributed by atoms with Crippen LogP contribution in [-0.2, 0) is 15.0 Å². The number of halogens is 1. The fourth-order valence-corrected chi connectivity index (χ4v) is 3.41. The van der Waals surface area contributed by atoms with Gasteiger partial charge in [-0.05, 0) is 49.8 Å². The quantitative estimate of drug-likeness (QED) is 0.899. The van der Waals surface area contributed by atoms with Crippen LogP contribution in [0.3, 0.4) is 0 Å². The normalized spacial score (nSPS) is 26.3. The minimum atomic E-state index is -0.761. The minimum absolute atomic E-state index is 0.0146. The molecule has 0 aromatic heterocycles. The summed E-state index contributed by atoms with van der Waals surface area (Å²) in [6.45, 7) is 0. The van der Waals surface area contributed by atoms with Crippen LogP contribution in [0.25, 0.3) is 0 Å². The summed E-state index contributed by atoms with van der Waals surface area (Å²) in [5, 5.41) is 12.7. The average molecular weight is 308 g/mol. The highest BCUT2D eigenvalue weighted by atomic mass is 35.5. The maximum atomic E-state index is 12.6. The van der Waals surface area contributed by atoms with Gasteiger partial charge < -0.3 is 10.4 Å². The Labute approximate surface area is 128 Å². The number of benzene rings is 1. The van der Waals surface area contributed by atoms with Gasteiger partial charge in [-0.3, -0.25) is 9.59 Å². The predicted octanol–water partition coefficient (Wildman–Crippen LogP) is 2.74. The third-order valence-corrected chi connectivity index (χ3v) is 4.91. The van der Waals surface area contributed by atoms with Gasteiger partial charge in [0.2, 0.25) is 5.91 Å². The van der Waals surface area contributed by atoms with E-state index in [1.165, 1.54) is 0 Å². The molecule has 4 nitrogen and oxygen atoms in total. The Kier molecular flexibility index (Phi) is 3.66. The highest BCUT2D eigenvalue weighted by Crippen LogP contribution is 2.49. The van der Waals surface area contributed by atoms with Gasteiger partial charge in [-0.1, -0.05) is 23.7 Å². The maximum Gasteiger partial charge on any atom is 0.306 e. The first kappa shape index (κ1) is 14.4. The molecule has 0 radical (unpaired) electrons. The molecule has 0 heterocycles. The largest absolute Gasteiger partial charge is 0.481 e. The number of carbonyl (C=O) groups excluding carboxylic acids is 1. The Hall–Kier alpha value is -1.55. The molecule has 2 aliphatic rings. The van der Waals surface area contributed by atoms with Gasteiger partial charge in [0.25, 0.3) is 0 Å². The molecule has 0 unspecified atom stereocenters. The minimum Gasteiger partial charge on any atom is -0.481 e. The number of carboxylic acids is 1. The number of carboxylic acid groups (broad SMARTS) is 1. The summed E-state index contributed by atoms with van der Waals surface area (Å²) in [5.41, 5.74) is 0.506. The van der Waals surface area contributed by atoms with Gasteiger partial charge >= 0.3 is 5.97 Å². The molecule has 0 saturated heterocycles. The number of aliphatic carboxylic acids is 1. The van der Waals surface area contributed by atoms with Crippen LogP contribution in [0.15, 0.2) is 24.3 Å². The number of hydrogen-bond donors (Lipinski definition) is 2. The Morgan fingerprint density at radius 1 is 1.29 bits per heavy atom. The molecule has 1 amide bonds. The maximum absolute atomic E-state index is 12.6. The van der Waals surface area contributed by atoms with Crippen molar-refractivity contribution in [1.29, 1.82) is 0 Å². The SMILES string of the molecule is O=C(O)[C@@H]1CC[C@H](NC(=O)C2(c3cccc(Cl)c3)CC2)C1. The van der Waals surface area contributed by atoms with E-state index < -0.39 is 11.4 Å². The molecule has 3 rings (SSSR count). The van der Waals surface area contributed by atoms with Gasteiger partial charge in [0.1, 0.15) is 0 Å². The first-order valence-electron chi connectivity index (χ1n) is 7.31. The Morgan fingerprint density at radius 2 is 2.05 bits per heavy atom. The summed E-state index contributed by atoms with van der Waals surface area (Å²) in [7, 11) is 0. The van der Waals surface area contributed by atoms with Gasteiger partial charge in [0.05, 0.1) is 11.3 Å². The molecule has 2 atom stereocenters. The predicted molar refractivity (Wildman–Crippen MR) is 79.3 cm³/mol. The highest BCUT2D eigenvalue weighted by molar-refractivity contribution is 6.30. The average Bonchev–Trinajstić information content (AvgIpc) is 3.13. The smallest absolute Gasteiger partial charge is 0.306 e. The zero-order chi connectivity index (χ0) is 15.0. The summed E-state index contributed by atoms with van der Waals surface area (Å²) in [4.78, 5) is 23.5. The molecule has 2 aliphatic carbocycles. The zero-order valence-corrected chi connectivity index (χ0v) is 12.4. The molecular weight excluding hydrogens is 290 g/mol. The molecule has 2 saturated carbocycles. The monoisotopic (exact) mass is 307 g/mol. The van der Waals surface area contributed by atoms with Crippen molar-refractivity contribution in [2.45, 2.75) is 43.6 Å². The summed E-state index contributed by atoms with van der Waals surface area (Å²) in [5.74, 6) is -1.07. The van der Waals surface area contributed by atoms with E-state index >= 15 is 0 Å². The second-order valence-corrected chi connectivity index (χ2v) is 6.55. The topological polar surface area (TPSA) is 66.4 Å². The third kappa shape index (κ3) is 2.77. The van der Waals surface area contributed by atoms with E-state index in [4.69, 9.17) is 16.7 Å². The summed E-state index contributed by atoms with van der Waals surface area (Å²) >= 11 is 6.01. The van der Waals surface area contributed by atoms with E-state index in [0.717, 1.165) is 24.8 Å². The number of hydrogen-bond acceptors (Lipinski definition) is 2. The van der Waals surface area contributed by atoms with E-state index in [-0.39, 0.29) is 17.9 Å². The summed E-state index contributed by atoms with van der Waals surface area (Å²) in [6, 6.07) is 7.43. The molecule has 5 heteroatoms. The molecule has 112 valence electrons. The van der Waals surface area contributed by atoms with Crippen LogP contribution >= 0.6 is 11.6 Å². The standard InChI is InChI=1S/C16H18ClNO3/c17-12-3-1-2-11(9-12)16(6-7-16)15(21)18-13-5-4-10(8-13)14(19)20/h1-3,9-10,13H,4-8H2,(H,18,21)(H,19,20)/t10-,13+/m1/s1. The lowest BCUT2D eigenvalue weighted by molar-refractivity contribution is -0.141. The van der Waals surface area contributed by atoms with Crippen LogP contribution in [0.2, 0.25) is 5.02 Å². The number of carbonyl (C=O) groups is 2. The number of rotatable bonds is 4. The highest BCUT2D eigenvalue weighted by Gasteiger charge is 2.52. The Bertz CT molecular complexity index is 583. The van der Waals surface area contributed by atoms with Crippen LogP contribution < -0.4 is 5.32 Å².